The predicted molar refractivity (Wildman–Crippen MR) is 83.0 cm³/mol. The minimum absolute atomic E-state index is 0.00159. The highest BCUT2D eigenvalue weighted by Gasteiger charge is 2.17. The Balaban J connectivity index is 1.78. The van der Waals surface area contributed by atoms with Gasteiger partial charge < -0.3 is 10.1 Å². The van der Waals surface area contributed by atoms with Gasteiger partial charge in [-0.15, -0.1) is 0 Å². The van der Waals surface area contributed by atoms with Crippen LogP contribution in [0.5, 0.6) is 0 Å². The third-order valence-corrected chi connectivity index (χ3v) is 4.11. The van der Waals surface area contributed by atoms with E-state index in [4.69, 9.17) is 4.74 Å². The molecule has 0 saturated carbocycles. The summed E-state index contributed by atoms with van der Waals surface area (Å²) in [5.41, 5.74) is 0.714. The van der Waals surface area contributed by atoms with Gasteiger partial charge in [0.05, 0.1) is 0 Å². The van der Waals surface area contributed by atoms with Crippen LogP contribution >= 0.6 is 15.9 Å². The van der Waals surface area contributed by atoms with Crippen LogP contribution in [0.25, 0.3) is 10.8 Å². The van der Waals surface area contributed by atoms with Crippen LogP contribution < -0.4 is 5.32 Å². The molecule has 20 heavy (non-hydrogen) atoms. The van der Waals surface area contributed by atoms with E-state index < -0.39 is 0 Å². The topological polar surface area (TPSA) is 38.3 Å². The van der Waals surface area contributed by atoms with Crippen molar-refractivity contribution in [2.75, 3.05) is 13.2 Å². The number of halogens is 1. The highest BCUT2D eigenvalue weighted by molar-refractivity contribution is 9.10. The van der Waals surface area contributed by atoms with E-state index in [2.05, 4.69) is 27.3 Å². The first-order chi connectivity index (χ1) is 9.72. The van der Waals surface area contributed by atoms with Gasteiger partial charge in [0, 0.05) is 29.3 Å². The number of carbonyl (C=O) groups is 1. The minimum Gasteiger partial charge on any atom is -0.381 e. The third kappa shape index (κ3) is 3.02. The van der Waals surface area contributed by atoms with Gasteiger partial charge in [-0.1, -0.05) is 28.1 Å². The molecule has 0 aromatic heterocycles. The van der Waals surface area contributed by atoms with Gasteiger partial charge in [0.2, 0.25) is 0 Å². The second-order valence-corrected chi connectivity index (χ2v) is 5.98. The van der Waals surface area contributed by atoms with Gasteiger partial charge in [-0.05, 0) is 47.9 Å². The lowest BCUT2D eigenvalue weighted by Gasteiger charge is -2.23. The Labute approximate surface area is 126 Å². The molecule has 0 unspecified atom stereocenters. The minimum atomic E-state index is 0.00159. The molecule has 1 heterocycles. The van der Waals surface area contributed by atoms with E-state index in [1.54, 1.807) is 0 Å². The lowest BCUT2D eigenvalue weighted by Crippen LogP contribution is -2.38. The molecular weight excluding hydrogens is 318 g/mol. The van der Waals surface area contributed by atoms with Gasteiger partial charge in [-0.2, -0.15) is 0 Å². The molecule has 0 radical (unpaired) electrons. The fourth-order valence-corrected chi connectivity index (χ4v) is 2.85. The van der Waals surface area contributed by atoms with Gasteiger partial charge in [0.1, 0.15) is 0 Å². The molecule has 1 aliphatic heterocycles. The quantitative estimate of drug-likeness (QED) is 0.913. The van der Waals surface area contributed by atoms with E-state index in [-0.39, 0.29) is 11.9 Å². The molecule has 0 aliphatic carbocycles. The Morgan fingerprint density at radius 1 is 1.10 bits per heavy atom. The Morgan fingerprint density at radius 3 is 2.60 bits per heavy atom. The number of rotatable bonds is 2. The number of nitrogens with one attached hydrogen (secondary N) is 1. The Kier molecular flexibility index (Phi) is 4.03. The first-order valence-corrected chi connectivity index (χ1v) is 7.59. The predicted octanol–water partition coefficient (Wildman–Crippen LogP) is 3.51. The molecular formula is C16H16BrNO2. The molecule has 3 rings (SSSR count). The Morgan fingerprint density at radius 2 is 1.80 bits per heavy atom. The van der Waals surface area contributed by atoms with Gasteiger partial charge in [0.15, 0.2) is 0 Å². The average molecular weight is 334 g/mol. The van der Waals surface area contributed by atoms with E-state index in [0.717, 1.165) is 41.3 Å². The molecule has 0 atom stereocenters. The van der Waals surface area contributed by atoms with Gasteiger partial charge in [0.25, 0.3) is 5.91 Å². The summed E-state index contributed by atoms with van der Waals surface area (Å²) in [5.74, 6) is 0.00159. The second-order valence-electron chi connectivity index (χ2n) is 5.07. The maximum Gasteiger partial charge on any atom is 0.251 e. The molecule has 1 saturated heterocycles. The first-order valence-electron chi connectivity index (χ1n) is 6.80. The largest absolute Gasteiger partial charge is 0.381 e. The highest BCUT2D eigenvalue weighted by Crippen LogP contribution is 2.21. The smallest absolute Gasteiger partial charge is 0.251 e. The molecule has 2 aromatic rings. The fraction of sp³-hybridized carbons (Fsp3) is 0.312. The van der Waals surface area contributed by atoms with E-state index in [1.165, 1.54) is 0 Å². The Hall–Kier alpha value is -1.39. The summed E-state index contributed by atoms with van der Waals surface area (Å²) in [6.45, 7) is 1.47. The van der Waals surface area contributed by atoms with Gasteiger partial charge in [-0.3, -0.25) is 4.79 Å². The van der Waals surface area contributed by atoms with Crippen LogP contribution in [0.2, 0.25) is 0 Å². The van der Waals surface area contributed by atoms with Crippen LogP contribution in [0.4, 0.5) is 0 Å². The third-order valence-electron chi connectivity index (χ3n) is 3.62. The van der Waals surface area contributed by atoms with Crippen molar-refractivity contribution in [1.82, 2.24) is 5.32 Å². The van der Waals surface area contributed by atoms with Crippen molar-refractivity contribution >= 4 is 32.6 Å². The first kappa shape index (κ1) is 13.6. The number of hydrogen-bond donors (Lipinski definition) is 1. The molecule has 0 spiro atoms. The normalized spacial score (nSPS) is 16.2. The van der Waals surface area contributed by atoms with Crippen LogP contribution in [0, 0.1) is 0 Å². The fourth-order valence-electron chi connectivity index (χ4n) is 2.47. The maximum absolute atomic E-state index is 12.3. The molecule has 1 amide bonds. The maximum atomic E-state index is 12.3. The summed E-state index contributed by atoms with van der Waals surface area (Å²) < 4.78 is 6.35. The SMILES string of the molecule is O=C(NC1CCOCC1)c1ccc2cc(Br)ccc2c1. The summed E-state index contributed by atoms with van der Waals surface area (Å²) in [6, 6.07) is 12.1. The summed E-state index contributed by atoms with van der Waals surface area (Å²) in [5, 5.41) is 5.29. The molecule has 104 valence electrons. The lowest BCUT2D eigenvalue weighted by molar-refractivity contribution is 0.0696. The number of carbonyl (C=O) groups excluding carboxylic acids is 1. The highest BCUT2D eigenvalue weighted by atomic mass is 79.9. The van der Waals surface area contributed by atoms with Crippen LogP contribution in [0.15, 0.2) is 40.9 Å². The van der Waals surface area contributed by atoms with Crippen molar-refractivity contribution in [3.63, 3.8) is 0 Å². The van der Waals surface area contributed by atoms with Crippen LogP contribution in [0.3, 0.4) is 0 Å². The van der Waals surface area contributed by atoms with Crippen LogP contribution in [-0.4, -0.2) is 25.2 Å². The number of ether oxygens (including phenoxy) is 1. The van der Waals surface area contributed by atoms with Crippen molar-refractivity contribution in [2.24, 2.45) is 0 Å². The van der Waals surface area contributed by atoms with Gasteiger partial charge in [-0.25, -0.2) is 0 Å². The van der Waals surface area contributed by atoms with Crippen molar-refractivity contribution in [3.05, 3.63) is 46.4 Å². The molecule has 1 aliphatic rings. The van der Waals surface area contributed by atoms with Crippen molar-refractivity contribution in [1.29, 1.82) is 0 Å². The van der Waals surface area contributed by atoms with Crippen LogP contribution in [0.1, 0.15) is 23.2 Å². The van der Waals surface area contributed by atoms with Crippen molar-refractivity contribution < 1.29 is 9.53 Å². The van der Waals surface area contributed by atoms with E-state index in [1.807, 2.05) is 30.3 Å². The number of benzene rings is 2. The summed E-state index contributed by atoms with van der Waals surface area (Å²) in [7, 11) is 0. The summed E-state index contributed by atoms with van der Waals surface area (Å²) in [6.07, 6.45) is 1.79. The van der Waals surface area contributed by atoms with Crippen molar-refractivity contribution in [3.8, 4) is 0 Å². The summed E-state index contributed by atoms with van der Waals surface area (Å²) in [4.78, 5) is 12.3. The molecule has 1 N–H and O–H groups in total. The zero-order valence-corrected chi connectivity index (χ0v) is 12.7. The molecule has 4 heteroatoms. The van der Waals surface area contributed by atoms with Crippen molar-refractivity contribution in [2.45, 2.75) is 18.9 Å². The lowest BCUT2D eigenvalue weighted by atomic mass is 10.1. The summed E-state index contributed by atoms with van der Waals surface area (Å²) >= 11 is 3.45. The number of hydrogen-bond acceptors (Lipinski definition) is 2. The van der Waals surface area contributed by atoms with E-state index in [0.29, 0.717) is 5.56 Å². The number of fused-ring (bicyclic) bond motifs is 1. The molecule has 1 fully saturated rings. The average Bonchev–Trinajstić information content (AvgIpc) is 2.47. The van der Waals surface area contributed by atoms with E-state index >= 15 is 0 Å². The Bertz CT molecular complexity index is 635. The second kappa shape index (κ2) is 5.94. The van der Waals surface area contributed by atoms with Gasteiger partial charge >= 0.3 is 0 Å². The van der Waals surface area contributed by atoms with Crippen LogP contribution in [-0.2, 0) is 4.74 Å². The standard InChI is InChI=1S/C16H16BrNO2/c17-14-4-3-11-9-13(2-1-12(11)10-14)16(19)18-15-5-7-20-8-6-15/h1-4,9-10,15H,5-8H2,(H,18,19). The molecule has 2 aromatic carbocycles. The monoisotopic (exact) mass is 333 g/mol. The molecule has 0 bridgehead atoms. The van der Waals surface area contributed by atoms with E-state index in [9.17, 15) is 4.79 Å². The zero-order valence-electron chi connectivity index (χ0n) is 11.1. The zero-order chi connectivity index (χ0) is 13.9. The number of amides is 1. The molecule has 3 nitrogen and oxygen atoms in total.